The molecule has 2 amide bonds. The van der Waals surface area contributed by atoms with Gasteiger partial charge >= 0.3 is 5.97 Å². The van der Waals surface area contributed by atoms with Crippen LogP contribution >= 0.6 is 27.3 Å². The van der Waals surface area contributed by atoms with E-state index in [1.807, 2.05) is 24.4 Å². The zero-order chi connectivity index (χ0) is 18.9. The quantitative estimate of drug-likeness (QED) is 0.487. The third-order valence-corrected chi connectivity index (χ3v) is 4.73. The Morgan fingerprint density at radius 3 is 2.73 bits per heavy atom. The topological polar surface area (TPSA) is 84.5 Å². The van der Waals surface area contributed by atoms with Crippen LogP contribution in [0.4, 0.5) is 5.69 Å². The first kappa shape index (κ1) is 20.1. The number of halogens is 1. The lowest BCUT2D eigenvalue weighted by Crippen LogP contribution is -2.25. The minimum Gasteiger partial charge on any atom is -0.456 e. The Balaban J connectivity index is 1.62. The molecule has 0 bridgehead atoms. The fraction of sp³-hybridized carbons (Fsp3) is 0.278. The van der Waals surface area contributed by atoms with E-state index < -0.39 is 11.9 Å². The van der Waals surface area contributed by atoms with Crippen LogP contribution in [0.1, 0.15) is 28.8 Å². The second kappa shape index (κ2) is 10.1. The molecule has 0 radical (unpaired) electrons. The maximum absolute atomic E-state index is 11.8. The number of amides is 2. The van der Waals surface area contributed by atoms with Crippen molar-refractivity contribution in [2.24, 2.45) is 0 Å². The van der Waals surface area contributed by atoms with E-state index in [-0.39, 0.29) is 18.9 Å². The molecule has 6 nitrogen and oxygen atoms in total. The second-order valence-electron chi connectivity index (χ2n) is 5.56. The van der Waals surface area contributed by atoms with Gasteiger partial charge in [0, 0.05) is 28.4 Å². The number of ether oxygens (including phenoxy) is 1. The van der Waals surface area contributed by atoms with Crippen molar-refractivity contribution in [3.8, 4) is 0 Å². The number of anilines is 1. The van der Waals surface area contributed by atoms with Crippen LogP contribution in [-0.4, -0.2) is 30.9 Å². The number of esters is 1. The first-order valence-electron chi connectivity index (χ1n) is 7.97. The Labute approximate surface area is 164 Å². The van der Waals surface area contributed by atoms with Crippen LogP contribution in [0.5, 0.6) is 0 Å². The van der Waals surface area contributed by atoms with Gasteiger partial charge in [-0.05, 0) is 58.4 Å². The number of hydrogen-bond donors (Lipinski definition) is 2. The Hall–Kier alpha value is -2.19. The van der Waals surface area contributed by atoms with E-state index in [2.05, 4.69) is 26.6 Å². The summed E-state index contributed by atoms with van der Waals surface area (Å²) in [6.07, 6.45) is 0.575. The normalized spacial score (nSPS) is 10.2. The zero-order valence-corrected chi connectivity index (χ0v) is 16.6. The number of carbonyl (C=O) groups is 3. The fourth-order valence-electron chi connectivity index (χ4n) is 2.06. The number of thiophene rings is 1. The Kier molecular flexibility index (Phi) is 7.80. The maximum atomic E-state index is 11.8. The minimum absolute atomic E-state index is 0.130. The van der Waals surface area contributed by atoms with Gasteiger partial charge in [0.2, 0.25) is 0 Å². The fourth-order valence-corrected chi connectivity index (χ4v) is 3.28. The average molecular weight is 439 g/mol. The maximum Gasteiger partial charge on any atom is 0.306 e. The lowest BCUT2D eigenvalue weighted by molar-refractivity contribution is -0.147. The SMILES string of the molecule is Cc1ccc(NC(=O)COC(=O)CCCNC(=O)c2ccsc2)c(Br)c1. The minimum atomic E-state index is -0.479. The molecule has 26 heavy (non-hydrogen) atoms. The first-order valence-corrected chi connectivity index (χ1v) is 9.71. The molecule has 0 fully saturated rings. The van der Waals surface area contributed by atoms with E-state index in [0.29, 0.717) is 24.2 Å². The van der Waals surface area contributed by atoms with Gasteiger partial charge in [-0.15, -0.1) is 0 Å². The van der Waals surface area contributed by atoms with Crippen molar-refractivity contribution >= 4 is 50.7 Å². The molecule has 0 aliphatic carbocycles. The predicted molar refractivity (Wildman–Crippen MR) is 104 cm³/mol. The molecular weight excluding hydrogens is 420 g/mol. The van der Waals surface area contributed by atoms with Crippen LogP contribution in [0.3, 0.4) is 0 Å². The van der Waals surface area contributed by atoms with Crippen LogP contribution in [0.2, 0.25) is 0 Å². The summed E-state index contributed by atoms with van der Waals surface area (Å²) in [5, 5.41) is 8.98. The molecule has 0 unspecified atom stereocenters. The second-order valence-corrected chi connectivity index (χ2v) is 7.20. The highest BCUT2D eigenvalue weighted by Crippen LogP contribution is 2.23. The highest BCUT2D eigenvalue weighted by molar-refractivity contribution is 9.10. The number of rotatable bonds is 8. The van der Waals surface area contributed by atoms with Crippen molar-refractivity contribution in [3.05, 3.63) is 50.6 Å². The van der Waals surface area contributed by atoms with Gasteiger partial charge in [0.15, 0.2) is 6.61 Å². The molecule has 2 rings (SSSR count). The van der Waals surface area contributed by atoms with Crippen molar-refractivity contribution in [3.63, 3.8) is 0 Å². The molecule has 0 aliphatic heterocycles. The summed E-state index contributed by atoms with van der Waals surface area (Å²) in [5.74, 6) is -1.05. The summed E-state index contributed by atoms with van der Waals surface area (Å²) >= 11 is 4.81. The molecule has 138 valence electrons. The Bertz CT molecular complexity index is 778. The molecule has 2 aromatic rings. The van der Waals surface area contributed by atoms with Gasteiger partial charge in [-0.25, -0.2) is 0 Å². The van der Waals surface area contributed by atoms with Crippen molar-refractivity contribution in [1.82, 2.24) is 5.32 Å². The van der Waals surface area contributed by atoms with Crippen LogP contribution in [0.15, 0.2) is 39.5 Å². The van der Waals surface area contributed by atoms with Crippen LogP contribution < -0.4 is 10.6 Å². The molecule has 0 saturated heterocycles. The smallest absolute Gasteiger partial charge is 0.306 e. The highest BCUT2D eigenvalue weighted by atomic mass is 79.9. The molecule has 1 aromatic heterocycles. The first-order chi connectivity index (χ1) is 12.5. The molecule has 1 aromatic carbocycles. The van der Waals surface area contributed by atoms with Crippen molar-refractivity contribution in [2.75, 3.05) is 18.5 Å². The largest absolute Gasteiger partial charge is 0.456 e. The van der Waals surface area contributed by atoms with Crippen LogP contribution in [0.25, 0.3) is 0 Å². The molecule has 1 heterocycles. The standard InChI is InChI=1S/C18H19BrN2O4S/c1-12-4-5-15(14(19)9-12)21-16(22)10-25-17(23)3-2-7-20-18(24)13-6-8-26-11-13/h4-6,8-9,11H,2-3,7,10H2,1H3,(H,20,24)(H,21,22). The van der Waals surface area contributed by atoms with Gasteiger partial charge < -0.3 is 15.4 Å². The van der Waals surface area contributed by atoms with Crippen LogP contribution in [-0.2, 0) is 14.3 Å². The molecule has 0 aliphatic rings. The Morgan fingerprint density at radius 1 is 1.23 bits per heavy atom. The van der Waals surface area contributed by atoms with Gasteiger partial charge in [0.25, 0.3) is 11.8 Å². The van der Waals surface area contributed by atoms with Crippen molar-refractivity contribution in [1.29, 1.82) is 0 Å². The molecule has 0 spiro atoms. The van der Waals surface area contributed by atoms with Crippen LogP contribution in [0, 0.1) is 6.92 Å². The lowest BCUT2D eigenvalue weighted by Gasteiger charge is -2.09. The molecular formula is C18H19BrN2O4S. The molecule has 8 heteroatoms. The highest BCUT2D eigenvalue weighted by Gasteiger charge is 2.10. The van der Waals surface area contributed by atoms with Gasteiger partial charge in [0.1, 0.15) is 0 Å². The van der Waals surface area contributed by atoms with E-state index in [1.54, 1.807) is 17.5 Å². The molecule has 0 saturated carbocycles. The lowest BCUT2D eigenvalue weighted by atomic mass is 10.2. The number of hydrogen-bond acceptors (Lipinski definition) is 5. The third kappa shape index (κ3) is 6.61. The van der Waals surface area contributed by atoms with Gasteiger partial charge in [0.05, 0.1) is 5.69 Å². The van der Waals surface area contributed by atoms with Crippen molar-refractivity contribution in [2.45, 2.75) is 19.8 Å². The molecule has 2 N–H and O–H groups in total. The van der Waals surface area contributed by atoms with Gasteiger partial charge in [-0.1, -0.05) is 6.07 Å². The van der Waals surface area contributed by atoms with E-state index in [0.717, 1.165) is 10.0 Å². The average Bonchev–Trinajstić information content (AvgIpc) is 3.14. The van der Waals surface area contributed by atoms with E-state index in [4.69, 9.17) is 4.74 Å². The third-order valence-electron chi connectivity index (χ3n) is 3.39. The zero-order valence-electron chi connectivity index (χ0n) is 14.2. The van der Waals surface area contributed by atoms with Crippen molar-refractivity contribution < 1.29 is 19.1 Å². The predicted octanol–water partition coefficient (Wildman–Crippen LogP) is 3.51. The summed E-state index contributed by atoms with van der Waals surface area (Å²) in [4.78, 5) is 35.2. The summed E-state index contributed by atoms with van der Waals surface area (Å²) in [6, 6.07) is 7.26. The van der Waals surface area contributed by atoms with Gasteiger partial charge in [-0.3, -0.25) is 14.4 Å². The van der Waals surface area contributed by atoms with Gasteiger partial charge in [-0.2, -0.15) is 11.3 Å². The Morgan fingerprint density at radius 2 is 2.04 bits per heavy atom. The summed E-state index contributed by atoms with van der Waals surface area (Å²) in [7, 11) is 0. The summed E-state index contributed by atoms with van der Waals surface area (Å²) < 4.78 is 5.70. The van der Waals surface area contributed by atoms with E-state index in [9.17, 15) is 14.4 Å². The molecule has 0 atom stereocenters. The van der Waals surface area contributed by atoms with E-state index >= 15 is 0 Å². The summed E-state index contributed by atoms with van der Waals surface area (Å²) in [5.41, 5.74) is 2.29. The number of aryl methyl sites for hydroxylation is 1. The number of carbonyl (C=O) groups excluding carboxylic acids is 3. The summed E-state index contributed by atoms with van der Waals surface area (Å²) in [6.45, 7) is 1.97. The number of benzene rings is 1. The monoisotopic (exact) mass is 438 g/mol. The van der Waals surface area contributed by atoms with E-state index in [1.165, 1.54) is 11.3 Å². The number of nitrogens with one attached hydrogen (secondary N) is 2.